The van der Waals surface area contributed by atoms with Crippen LogP contribution in [0.15, 0.2) is 48.7 Å². The van der Waals surface area contributed by atoms with Crippen LogP contribution in [0.2, 0.25) is 5.15 Å². The van der Waals surface area contributed by atoms with Crippen LogP contribution in [0, 0.1) is 6.92 Å². The summed E-state index contributed by atoms with van der Waals surface area (Å²) in [5, 5.41) is 1.45. The summed E-state index contributed by atoms with van der Waals surface area (Å²) in [6.45, 7) is 1.96. The first-order valence-corrected chi connectivity index (χ1v) is 6.26. The van der Waals surface area contributed by atoms with Gasteiger partial charge in [0.05, 0.1) is 0 Å². The molecule has 2 heterocycles. The Morgan fingerprint density at radius 2 is 2.00 bits per heavy atom. The second-order valence-corrected chi connectivity index (χ2v) is 4.58. The molecule has 4 heteroatoms. The highest BCUT2D eigenvalue weighted by Crippen LogP contribution is 2.29. The van der Waals surface area contributed by atoms with Crippen LogP contribution >= 0.6 is 11.6 Å². The monoisotopic (exact) mass is 270 g/mol. The molecule has 0 saturated heterocycles. The van der Waals surface area contributed by atoms with Gasteiger partial charge in [0.2, 0.25) is 0 Å². The SMILES string of the molecule is Cc1ccc2cccc(Oc3ccnc(Cl)c3)c2n1. The van der Waals surface area contributed by atoms with Gasteiger partial charge in [-0.3, -0.25) is 0 Å². The van der Waals surface area contributed by atoms with Crippen LogP contribution in [0.1, 0.15) is 5.69 Å². The van der Waals surface area contributed by atoms with Gasteiger partial charge in [-0.25, -0.2) is 9.97 Å². The van der Waals surface area contributed by atoms with E-state index in [2.05, 4.69) is 9.97 Å². The zero-order chi connectivity index (χ0) is 13.2. The summed E-state index contributed by atoms with van der Waals surface area (Å²) in [5.41, 5.74) is 1.80. The van der Waals surface area contributed by atoms with Gasteiger partial charge in [-0.05, 0) is 25.1 Å². The van der Waals surface area contributed by atoms with Crippen LogP contribution in [0.4, 0.5) is 0 Å². The average molecular weight is 271 g/mol. The summed E-state index contributed by atoms with van der Waals surface area (Å²) in [6.07, 6.45) is 1.61. The van der Waals surface area contributed by atoms with Gasteiger partial charge >= 0.3 is 0 Å². The molecule has 0 radical (unpaired) electrons. The minimum absolute atomic E-state index is 0.405. The number of hydrogen-bond donors (Lipinski definition) is 0. The molecule has 19 heavy (non-hydrogen) atoms. The smallest absolute Gasteiger partial charge is 0.153 e. The maximum Gasteiger partial charge on any atom is 0.153 e. The van der Waals surface area contributed by atoms with Crippen molar-refractivity contribution in [2.45, 2.75) is 6.92 Å². The molecule has 0 amide bonds. The van der Waals surface area contributed by atoms with Crippen LogP contribution in [-0.2, 0) is 0 Å². The number of pyridine rings is 2. The highest BCUT2D eigenvalue weighted by atomic mass is 35.5. The summed E-state index contributed by atoms with van der Waals surface area (Å²) >= 11 is 5.85. The van der Waals surface area contributed by atoms with Gasteiger partial charge in [0, 0.05) is 23.3 Å². The summed E-state index contributed by atoms with van der Waals surface area (Å²) in [6, 6.07) is 13.3. The maximum absolute atomic E-state index is 5.85. The summed E-state index contributed by atoms with van der Waals surface area (Å²) in [7, 11) is 0. The summed E-state index contributed by atoms with van der Waals surface area (Å²) < 4.78 is 5.84. The Balaban J connectivity index is 2.07. The molecule has 0 saturated carbocycles. The van der Waals surface area contributed by atoms with Crippen LogP contribution in [-0.4, -0.2) is 9.97 Å². The van der Waals surface area contributed by atoms with Crippen molar-refractivity contribution in [3.05, 3.63) is 59.5 Å². The highest BCUT2D eigenvalue weighted by molar-refractivity contribution is 6.29. The molecule has 94 valence electrons. The van der Waals surface area contributed by atoms with Crippen molar-refractivity contribution in [1.82, 2.24) is 9.97 Å². The highest BCUT2D eigenvalue weighted by Gasteiger charge is 2.05. The van der Waals surface area contributed by atoms with E-state index >= 15 is 0 Å². The van der Waals surface area contributed by atoms with Crippen molar-refractivity contribution in [1.29, 1.82) is 0 Å². The standard InChI is InChI=1S/C15H11ClN2O/c1-10-5-6-11-3-2-4-13(15(11)18-10)19-12-7-8-17-14(16)9-12/h2-9H,1H3. The maximum atomic E-state index is 5.85. The van der Waals surface area contributed by atoms with Crippen molar-refractivity contribution < 1.29 is 4.74 Å². The third-order valence-electron chi connectivity index (χ3n) is 2.75. The second-order valence-electron chi connectivity index (χ2n) is 4.20. The lowest BCUT2D eigenvalue weighted by Gasteiger charge is -2.08. The topological polar surface area (TPSA) is 35.0 Å². The van der Waals surface area contributed by atoms with E-state index in [4.69, 9.17) is 16.3 Å². The van der Waals surface area contributed by atoms with Gasteiger partial charge in [-0.1, -0.05) is 29.8 Å². The van der Waals surface area contributed by atoms with Crippen LogP contribution in [0.3, 0.4) is 0 Å². The molecule has 0 aliphatic rings. The van der Waals surface area contributed by atoms with E-state index in [0.29, 0.717) is 16.7 Å². The van der Waals surface area contributed by atoms with Crippen molar-refractivity contribution in [3.8, 4) is 11.5 Å². The Morgan fingerprint density at radius 3 is 2.84 bits per heavy atom. The fraction of sp³-hybridized carbons (Fsp3) is 0.0667. The molecule has 1 aromatic carbocycles. The van der Waals surface area contributed by atoms with E-state index in [1.165, 1.54) is 0 Å². The molecule has 0 bridgehead atoms. The molecule has 2 aromatic heterocycles. The Bertz CT molecular complexity index is 743. The van der Waals surface area contributed by atoms with Gasteiger partial charge in [-0.2, -0.15) is 0 Å². The number of aryl methyl sites for hydroxylation is 1. The molecule has 0 unspecified atom stereocenters. The number of nitrogens with zero attached hydrogens (tertiary/aromatic N) is 2. The first-order valence-electron chi connectivity index (χ1n) is 5.88. The quantitative estimate of drug-likeness (QED) is 0.648. The van der Waals surface area contributed by atoms with Crippen molar-refractivity contribution in [2.75, 3.05) is 0 Å². The third kappa shape index (κ3) is 2.51. The lowest BCUT2D eigenvalue weighted by atomic mass is 10.2. The molecule has 0 N–H and O–H groups in total. The lowest BCUT2D eigenvalue weighted by molar-refractivity contribution is 0.486. The predicted octanol–water partition coefficient (Wildman–Crippen LogP) is 4.38. The molecular weight excluding hydrogens is 260 g/mol. The number of aromatic nitrogens is 2. The zero-order valence-electron chi connectivity index (χ0n) is 10.3. The van der Waals surface area contributed by atoms with E-state index in [9.17, 15) is 0 Å². The second kappa shape index (κ2) is 4.86. The number of para-hydroxylation sites is 1. The zero-order valence-corrected chi connectivity index (χ0v) is 11.1. The van der Waals surface area contributed by atoms with E-state index in [1.807, 2.05) is 37.3 Å². The van der Waals surface area contributed by atoms with Gasteiger partial charge < -0.3 is 4.74 Å². The first kappa shape index (κ1) is 11.9. The number of hydrogen-bond acceptors (Lipinski definition) is 3. The molecule has 0 spiro atoms. The lowest BCUT2D eigenvalue weighted by Crippen LogP contribution is -1.90. The minimum Gasteiger partial charge on any atom is -0.455 e. The number of fused-ring (bicyclic) bond motifs is 1. The van der Waals surface area contributed by atoms with E-state index < -0.39 is 0 Å². The number of benzene rings is 1. The van der Waals surface area contributed by atoms with E-state index in [0.717, 1.165) is 16.6 Å². The van der Waals surface area contributed by atoms with Gasteiger partial charge in [-0.15, -0.1) is 0 Å². The molecule has 3 rings (SSSR count). The molecule has 0 aliphatic heterocycles. The third-order valence-corrected chi connectivity index (χ3v) is 2.96. The summed E-state index contributed by atoms with van der Waals surface area (Å²) in [4.78, 5) is 8.45. The number of halogens is 1. The molecule has 3 nitrogen and oxygen atoms in total. The fourth-order valence-corrected chi connectivity index (χ4v) is 2.04. The predicted molar refractivity (Wildman–Crippen MR) is 75.8 cm³/mol. The molecule has 3 aromatic rings. The average Bonchev–Trinajstić information content (AvgIpc) is 2.39. The minimum atomic E-state index is 0.405. The normalized spacial score (nSPS) is 10.6. The first-order chi connectivity index (χ1) is 9.22. The van der Waals surface area contributed by atoms with Crippen molar-refractivity contribution >= 4 is 22.5 Å². The van der Waals surface area contributed by atoms with Gasteiger partial charge in [0.25, 0.3) is 0 Å². The Labute approximate surface area is 115 Å². The van der Waals surface area contributed by atoms with Crippen LogP contribution in [0.5, 0.6) is 11.5 Å². The molecule has 0 fully saturated rings. The molecular formula is C15H11ClN2O. The van der Waals surface area contributed by atoms with Crippen LogP contribution < -0.4 is 4.74 Å². The largest absolute Gasteiger partial charge is 0.455 e. The number of ether oxygens (including phenoxy) is 1. The van der Waals surface area contributed by atoms with Crippen LogP contribution in [0.25, 0.3) is 10.9 Å². The Hall–Kier alpha value is -2.13. The Morgan fingerprint density at radius 1 is 1.11 bits per heavy atom. The summed E-state index contributed by atoms with van der Waals surface area (Å²) in [5.74, 6) is 1.36. The van der Waals surface area contributed by atoms with E-state index in [-0.39, 0.29) is 0 Å². The van der Waals surface area contributed by atoms with Gasteiger partial charge in [0.1, 0.15) is 16.4 Å². The van der Waals surface area contributed by atoms with Crippen molar-refractivity contribution in [3.63, 3.8) is 0 Å². The van der Waals surface area contributed by atoms with E-state index in [1.54, 1.807) is 18.3 Å². The molecule has 0 aliphatic carbocycles. The van der Waals surface area contributed by atoms with Gasteiger partial charge in [0.15, 0.2) is 5.75 Å². The number of rotatable bonds is 2. The Kier molecular flexibility index (Phi) is 3.05. The van der Waals surface area contributed by atoms with Crippen molar-refractivity contribution in [2.24, 2.45) is 0 Å². The molecule has 0 atom stereocenters. The fourth-order valence-electron chi connectivity index (χ4n) is 1.87.